The highest BCUT2D eigenvalue weighted by atomic mass is 16.5. The number of nitrogens with two attached hydrogens (primary N) is 1. The fourth-order valence-electron chi connectivity index (χ4n) is 3.31. The number of benzene rings is 1. The maximum absolute atomic E-state index is 6.27. The molecule has 1 aromatic carbocycles. The fraction of sp³-hybridized carbons (Fsp3) is 0.647. The second-order valence-corrected chi connectivity index (χ2v) is 6.18. The lowest BCUT2D eigenvalue weighted by atomic mass is 9.93. The summed E-state index contributed by atoms with van der Waals surface area (Å²) in [6, 6.07) is 8.96. The Hall–Kier alpha value is -0.900. The molecule has 0 amide bonds. The maximum Gasteiger partial charge on any atom is 0.0506 e. The maximum atomic E-state index is 6.27. The molecule has 3 nitrogen and oxygen atoms in total. The van der Waals surface area contributed by atoms with E-state index in [-0.39, 0.29) is 12.1 Å². The van der Waals surface area contributed by atoms with Crippen LogP contribution in [-0.2, 0) is 4.74 Å². The van der Waals surface area contributed by atoms with Crippen molar-refractivity contribution in [2.24, 2.45) is 11.7 Å². The minimum atomic E-state index is 0.116. The molecule has 3 unspecified atom stereocenters. The van der Waals surface area contributed by atoms with Gasteiger partial charge in [0.05, 0.1) is 6.61 Å². The van der Waals surface area contributed by atoms with Crippen LogP contribution in [0.25, 0.3) is 0 Å². The first-order chi connectivity index (χ1) is 9.59. The lowest BCUT2D eigenvalue weighted by Gasteiger charge is -2.35. The highest BCUT2D eigenvalue weighted by Crippen LogP contribution is 2.27. The number of likely N-dealkylation sites (N-methyl/N-ethyl adjacent to an activating group) is 1. The number of ether oxygens (including phenoxy) is 1. The van der Waals surface area contributed by atoms with E-state index in [0.717, 1.165) is 19.8 Å². The Bertz CT molecular complexity index is 413. The average Bonchev–Trinajstić information content (AvgIpc) is 2.42. The van der Waals surface area contributed by atoms with E-state index in [2.05, 4.69) is 50.1 Å². The predicted octanol–water partition coefficient (Wildman–Crippen LogP) is 2.74. The zero-order chi connectivity index (χ0) is 14.5. The Morgan fingerprint density at radius 3 is 2.75 bits per heavy atom. The van der Waals surface area contributed by atoms with Crippen molar-refractivity contribution >= 4 is 0 Å². The van der Waals surface area contributed by atoms with Crippen LogP contribution in [0.1, 0.15) is 36.9 Å². The van der Waals surface area contributed by atoms with Crippen LogP contribution in [0.3, 0.4) is 0 Å². The molecule has 1 heterocycles. The van der Waals surface area contributed by atoms with Gasteiger partial charge in [-0.05, 0) is 50.8 Å². The van der Waals surface area contributed by atoms with Crippen LogP contribution in [-0.4, -0.2) is 37.7 Å². The van der Waals surface area contributed by atoms with E-state index in [1.165, 1.54) is 24.0 Å². The van der Waals surface area contributed by atoms with Crippen molar-refractivity contribution in [1.82, 2.24) is 4.90 Å². The first-order valence-electron chi connectivity index (χ1n) is 7.68. The van der Waals surface area contributed by atoms with Gasteiger partial charge < -0.3 is 10.5 Å². The fourth-order valence-corrected chi connectivity index (χ4v) is 3.31. The molecule has 3 atom stereocenters. The summed E-state index contributed by atoms with van der Waals surface area (Å²) in [5.41, 5.74) is 8.94. The van der Waals surface area contributed by atoms with Gasteiger partial charge in [0.2, 0.25) is 0 Å². The zero-order valence-corrected chi connectivity index (χ0v) is 13.0. The van der Waals surface area contributed by atoms with Crippen molar-refractivity contribution in [1.29, 1.82) is 0 Å². The monoisotopic (exact) mass is 276 g/mol. The van der Waals surface area contributed by atoms with Crippen molar-refractivity contribution < 1.29 is 4.74 Å². The zero-order valence-electron chi connectivity index (χ0n) is 13.0. The van der Waals surface area contributed by atoms with E-state index in [1.807, 2.05) is 0 Å². The summed E-state index contributed by atoms with van der Waals surface area (Å²) in [5.74, 6) is 0.638. The Balaban J connectivity index is 2.09. The molecule has 1 aliphatic rings. The molecular weight excluding hydrogens is 248 g/mol. The smallest absolute Gasteiger partial charge is 0.0506 e. The third-order valence-electron chi connectivity index (χ3n) is 4.28. The molecule has 1 aromatic rings. The molecule has 0 saturated carbocycles. The van der Waals surface area contributed by atoms with Gasteiger partial charge in [-0.2, -0.15) is 0 Å². The summed E-state index contributed by atoms with van der Waals surface area (Å²) in [6.07, 6.45) is 2.45. The number of aryl methyl sites for hydroxylation is 1. The van der Waals surface area contributed by atoms with E-state index >= 15 is 0 Å². The van der Waals surface area contributed by atoms with Crippen molar-refractivity contribution in [3.63, 3.8) is 0 Å². The summed E-state index contributed by atoms with van der Waals surface area (Å²) < 4.78 is 5.59. The number of hydrogen-bond donors (Lipinski definition) is 1. The van der Waals surface area contributed by atoms with Crippen LogP contribution in [0.2, 0.25) is 0 Å². The molecule has 20 heavy (non-hydrogen) atoms. The summed E-state index contributed by atoms with van der Waals surface area (Å²) in [6.45, 7) is 7.15. The first kappa shape index (κ1) is 15.5. The van der Waals surface area contributed by atoms with Crippen LogP contribution < -0.4 is 5.73 Å². The summed E-state index contributed by atoms with van der Waals surface area (Å²) in [7, 11) is 2.19. The van der Waals surface area contributed by atoms with E-state index in [1.54, 1.807) is 0 Å². The number of rotatable bonds is 5. The lowest BCUT2D eigenvalue weighted by molar-refractivity contribution is 0.0343. The van der Waals surface area contributed by atoms with E-state index in [4.69, 9.17) is 10.5 Å². The molecule has 0 radical (unpaired) electrons. The lowest BCUT2D eigenvalue weighted by Crippen LogP contribution is -2.41. The third-order valence-corrected chi connectivity index (χ3v) is 4.28. The van der Waals surface area contributed by atoms with Crippen LogP contribution in [0.15, 0.2) is 24.3 Å². The number of nitrogens with zero attached hydrogens (tertiary/aromatic N) is 1. The van der Waals surface area contributed by atoms with Gasteiger partial charge in [0.25, 0.3) is 0 Å². The van der Waals surface area contributed by atoms with Gasteiger partial charge in [0, 0.05) is 25.2 Å². The van der Waals surface area contributed by atoms with Crippen LogP contribution >= 0.6 is 0 Å². The normalized spacial score (nSPS) is 22.8. The molecule has 1 aliphatic heterocycles. The van der Waals surface area contributed by atoms with Gasteiger partial charge in [-0.15, -0.1) is 0 Å². The van der Waals surface area contributed by atoms with Crippen molar-refractivity contribution in [3.8, 4) is 0 Å². The molecule has 3 heteroatoms. The second-order valence-electron chi connectivity index (χ2n) is 6.18. The second kappa shape index (κ2) is 7.21. The van der Waals surface area contributed by atoms with Crippen LogP contribution in [0.4, 0.5) is 0 Å². The molecule has 0 spiro atoms. The molecule has 0 aromatic heterocycles. The highest BCUT2D eigenvalue weighted by molar-refractivity contribution is 5.29. The Labute approximate surface area is 123 Å². The van der Waals surface area contributed by atoms with E-state index in [0.29, 0.717) is 5.92 Å². The third kappa shape index (κ3) is 3.81. The van der Waals surface area contributed by atoms with Crippen LogP contribution in [0.5, 0.6) is 0 Å². The topological polar surface area (TPSA) is 38.5 Å². The average molecular weight is 276 g/mol. The minimum Gasteiger partial charge on any atom is -0.381 e. The standard InChI is InChI=1S/C17H28N2O/c1-13-7-4-5-9-16(13)17(14(2)18)19(3)11-15-8-6-10-20-12-15/h4-5,7,9,14-15,17H,6,8,10-12,18H2,1-3H3. The Morgan fingerprint density at radius 1 is 1.40 bits per heavy atom. The molecule has 2 N–H and O–H groups in total. The van der Waals surface area contributed by atoms with Crippen molar-refractivity contribution in [3.05, 3.63) is 35.4 Å². The van der Waals surface area contributed by atoms with E-state index in [9.17, 15) is 0 Å². The molecule has 112 valence electrons. The van der Waals surface area contributed by atoms with Gasteiger partial charge >= 0.3 is 0 Å². The van der Waals surface area contributed by atoms with Gasteiger partial charge in [-0.1, -0.05) is 24.3 Å². The first-order valence-corrected chi connectivity index (χ1v) is 7.68. The summed E-state index contributed by atoms with van der Waals surface area (Å²) in [4.78, 5) is 2.41. The van der Waals surface area contributed by atoms with Gasteiger partial charge in [-0.25, -0.2) is 0 Å². The van der Waals surface area contributed by atoms with E-state index < -0.39 is 0 Å². The molecule has 1 saturated heterocycles. The quantitative estimate of drug-likeness (QED) is 0.898. The van der Waals surface area contributed by atoms with Gasteiger partial charge in [-0.3, -0.25) is 4.90 Å². The van der Waals surface area contributed by atoms with Crippen molar-refractivity contribution in [2.45, 2.75) is 38.8 Å². The van der Waals surface area contributed by atoms with Gasteiger partial charge in [0.15, 0.2) is 0 Å². The predicted molar refractivity (Wildman–Crippen MR) is 83.7 cm³/mol. The summed E-state index contributed by atoms with van der Waals surface area (Å²) in [5, 5.41) is 0. The molecule has 2 rings (SSSR count). The molecule has 0 aliphatic carbocycles. The highest BCUT2D eigenvalue weighted by Gasteiger charge is 2.25. The Kier molecular flexibility index (Phi) is 5.58. The molecule has 0 bridgehead atoms. The Morgan fingerprint density at radius 2 is 2.15 bits per heavy atom. The number of hydrogen-bond acceptors (Lipinski definition) is 3. The minimum absolute atomic E-state index is 0.116. The van der Waals surface area contributed by atoms with Crippen LogP contribution in [0, 0.1) is 12.8 Å². The summed E-state index contributed by atoms with van der Waals surface area (Å²) >= 11 is 0. The SMILES string of the molecule is Cc1ccccc1C(C(C)N)N(C)CC1CCCOC1. The van der Waals surface area contributed by atoms with Crippen molar-refractivity contribution in [2.75, 3.05) is 26.8 Å². The van der Waals surface area contributed by atoms with Gasteiger partial charge in [0.1, 0.15) is 0 Å². The largest absolute Gasteiger partial charge is 0.381 e. The molecular formula is C17H28N2O. The molecule has 1 fully saturated rings.